The van der Waals surface area contributed by atoms with Crippen molar-refractivity contribution < 1.29 is 42.9 Å². The normalized spacial score (nSPS) is 13.5. The molecule has 0 N–H and O–H groups in total. The number of unbranched alkanes of at least 4 members (excludes halogenated alkanes) is 5. The highest BCUT2D eigenvalue weighted by Gasteiger charge is 2.38. The van der Waals surface area contributed by atoms with E-state index in [1.54, 1.807) is 0 Å². The molecule has 0 aromatic heterocycles. The molecule has 39 heavy (non-hydrogen) atoms. The van der Waals surface area contributed by atoms with Crippen molar-refractivity contribution in [3.63, 3.8) is 0 Å². The van der Waals surface area contributed by atoms with E-state index in [0.29, 0.717) is 19.4 Å². The summed E-state index contributed by atoms with van der Waals surface area (Å²) in [6, 6.07) is 10.0. The minimum Gasteiger partial charge on any atom is -0.468 e. The first-order valence-electron chi connectivity index (χ1n) is 13.3. The van der Waals surface area contributed by atoms with E-state index in [9.17, 15) is 19.2 Å². The van der Waals surface area contributed by atoms with Crippen molar-refractivity contribution in [2.45, 2.75) is 77.5 Å². The van der Waals surface area contributed by atoms with Crippen LogP contribution in [0.2, 0.25) is 0 Å². The van der Waals surface area contributed by atoms with Crippen molar-refractivity contribution in [3.05, 3.63) is 35.9 Å². The van der Waals surface area contributed by atoms with Crippen LogP contribution in [0.5, 0.6) is 0 Å². The van der Waals surface area contributed by atoms with Crippen LogP contribution in [0.3, 0.4) is 0 Å². The van der Waals surface area contributed by atoms with Crippen LogP contribution in [-0.2, 0) is 38.1 Å². The van der Waals surface area contributed by atoms with Gasteiger partial charge in [0.05, 0.1) is 25.7 Å². The van der Waals surface area contributed by atoms with Gasteiger partial charge in [-0.05, 0) is 45.6 Å². The average Bonchev–Trinajstić information content (AvgIpc) is 2.91. The van der Waals surface area contributed by atoms with Crippen LogP contribution >= 0.6 is 15.9 Å². The first-order valence-corrected chi connectivity index (χ1v) is 14.2. The summed E-state index contributed by atoms with van der Waals surface area (Å²) in [5.74, 6) is -1.41. The Morgan fingerprint density at radius 3 is 1.87 bits per heavy atom. The van der Waals surface area contributed by atoms with Crippen molar-refractivity contribution in [1.82, 2.24) is 0 Å². The van der Waals surface area contributed by atoms with Gasteiger partial charge < -0.3 is 23.7 Å². The molecule has 0 bridgehead atoms. The maximum atomic E-state index is 12.6. The predicted octanol–water partition coefficient (Wildman–Crippen LogP) is 6.32. The molecule has 0 fully saturated rings. The van der Waals surface area contributed by atoms with E-state index in [4.69, 9.17) is 23.7 Å². The van der Waals surface area contributed by atoms with E-state index < -0.39 is 28.9 Å². The van der Waals surface area contributed by atoms with Gasteiger partial charge in [0.15, 0.2) is 0 Å². The second-order valence-electron chi connectivity index (χ2n) is 10.4. The van der Waals surface area contributed by atoms with Crippen LogP contribution in [0, 0.1) is 10.8 Å². The molecular formula is C29H43BrO9. The topological polar surface area (TPSA) is 114 Å². The molecule has 0 aliphatic rings. The van der Waals surface area contributed by atoms with Crippen LogP contribution in [0.15, 0.2) is 30.3 Å². The van der Waals surface area contributed by atoms with Gasteiger partial charge in [-0.25, -0.2) is 4.79 Å². The number of carbonyl (C=O) groups is 4. The largest absolute Gasteiger partial charge is 0.508 e. The molecule has 1 rings (SSSR count). The number of rotatable bonds is 18. The Kier molecular flexibility index (Phi) is 15.8. The summed E-state index contributed by atoms with van der Waals surface area (Å²) in [7, 11) is 1.20. The Morgan fingerprint density at radius 2 is 1.31 bits per heavy atom. The molecule has 0 amide bonds. The van der Waals surface area contributed by atoms with Gasteiger partial charge in [0.25, 0.3) is 0 Å². The predicted molar refractivity (Wildman–Crippen MR) is 149 cm³/mol. The van der Waals surface area contributed by atoms with E-state index in [-0.39, 0.29) is 30.6 Å². The maximum absolute atomic E-state index is 12.6. The lowest BCUT2D eigenvalue weighted by atomic mass is 9.86. The summed E-state index contributed by atoms with van der Waals surface area (Å²) >= 11 is 3.69. The van der Waals surface area contributed by atoms with E-state index in [1.165, 1.54) is 21.0 Å². The van der Waals surface area contributed by atoms with Gasteiger partial charge in [0, 0.05) is 11.8 Å². The van der Waals surface area contributed by atoms with Crippen molar-refractivity contribution in [1.29, 1.82) is 0 Å². The van der Waals surface area contributed by atoms with E-state index in [2.05, 4.69) is 15.9 Å². The van der Waals surface area contributed by atoms with E-state index in [0.717, 1.165) is 37.7 Å². The highest BCUT2D eigenvalue weighted by molar-refractivity contribution is 9.09. The van der Waals surface area contributed by atoms with Crippen LogP contribution in [-0.4, -0.2) is 57.6 Å². The fraction of sp³-hybridized carbons (Fsp3) is 0.655. The summed E-state index contributed by atoms with van der Waals surface area (Å²) < 4.78 is 25.2. The second-order valence-corrected chi connectivity index (χ2v) is 11.5. The third-order valence-electron chi connectivity index (χ3n) is 6.18. The minimum absolute atomic E-state index is 0.0829. The molecule has 1 aromatic carbocycles. The molecule has 2 unspecified atom stereocenters. The number of alkyl halides is 1. The number of hydrogen-bond acceptors (Lipinski definition) is 9. The summed E-state index contributed by atoms with van der Waals surface area (Å²) in [6.07, 6.45) is 4.98. The minimum atomic E-state index is -1.32. The fourth-order valence-corrected chi connectivity index (χ4v) is 4.78. The molecule has 0 heterocycles. The van der Waals surface area contributed by atoms with Gasteiger partial charge in [-0.3, -0.25) is 14.4 Å². The van der Waals surface area contributed by atoms with E-state index in [1.807, 2.05) is 44.2 Å². The number of halogens is 1. The summed E-state index contributed by atoms with van der Waals surface area (Å²) in [5.41, 5.74) is -0.772. The number of esters is 3. The molecule has 1 aromatic rings. The Morgan fingerprint density at radius 1 is 0.769 bits per heavy atom. The van der Waals surface area contributed by atoms with Gasteiger partial charge >= 0.3 is 24.1 Å². The number of ether oxygens (including phenoxy) is 5. The van der Waals surface area contributed by atoms with Crippen molar-refractivity contribution in [3.8, 4) is 0 Å². The fourth-order valence-electron chi connectivity index (χ4n) is 3.66. The molecule has 2 atom stereocenters. The molecule has 0 saturated carbocycles. The van der Waals surface area contributed by atoms with Crippen molar-refractivity contribution in [2.24, 2.45) is 10.8 Å². The zero-order chi connectivity index (χ0) is 29.3. The van der Waals surface area contributed by atoms with Crippen LogP contribution < -0.4 is 0 Å². The number of benzene rings is 1. The Hall–Kier alpha value is -2.62. The molecule has 9 nitrogen and oxygen atoms in total. The maximum Gasteiger partial charge on any atom is 0.508 e. The molecule has 0 spiro atoms. The van der Waals surface area contributed by atoms with Crippen molar-refractivity contribution in [2.75, 3.05) is 33.5 Å². The zero-order valence-electron chi connectivity index (χ0n) is 23.8. The number of methoxy groups -OCH3 is 1. The molecule has 0 aliphatic carbocycles. The van der Waals surface area contributed by atoms with Gasteiger partial charge in [-0.15, -0.1) is 0 Å². The molecular weight excluding hydrogens is 572 g/mol. The smallest absolute Gasteiger partial charge is 0.468 e. The zero-order valence-corrected chi connectivity index (χ0v) is 25.4. The standard InChI is InChI=1S/C29H43BrO9/c1-22(31)38-20-29(4,26(33)35-5)21-39-27(34)37-18-14-9-7-6-8-13-17-36-25(32)28(2,3)19-24(30)23-15-11-10-12-16-23/h10-12,15-16,24H,6-9,13-14,17-21H2,1-5H3. The van der Waals surface area contributed by atoms with Crippen molar-refractivity contribution >= 4 is 40.0 Å². The summed E-state index contributed by atoms with van der Waals surface area (Å²) in [4.78, 5) is 47.5. The van der Waals surface area contributed by atoms with E-state index >= 15 is 0 Å². The lowest BCUT2D eigenvalue weighted by molar-refractivity contribution is -0.163. The van der Waals surface area contributed by atoms with Crippen LogP contribution in [0.25, 0.3) is 0 Å². The lowest BCUT2D eigenvalue weighted by Crippen LogP contribution is -2.39. The summed E-state index contributed by atoms with van der Waals surface area (Å²) in [5, 5.41) is 0. The highest BCUT2D eigenvalue weighted by Crippen LogP contribution is 2.36. The first kappa shape index (κ1) is 34.4. The lowest BCUT2D eigenvalue weighted by Gasteiger charge is -2.25. The number of hydrogen-bond donors (Lipinski definition) is 0. The van der Waals surface area contributed by atoms with Gasteiger partial charge in [-0.2, -0.15) is 0 Å². The van der Waals surface area contributed by atoms with Crippen LogP contribution in [0.4, 0.5) is 4.79 Å². The third kappa shape index (κ3) is 13.8. The average molecular weight is 616 g/mol. The Balaban J connectivity index is 2.13. The Bertz CT molecular complexity index is 903. The monoisotopic (exact) mass is 614 g/mol. The molecule has 0 radical (unpaired) electrons. The van der Waals surface area contributed by atoms with Gasteiger partial charge in [0.2, 0.25) is 0 Å². The van der Waals surface area contributed by atoms with Crippen LogP contribution in [0.1, 0.15) is 83.0 Å². The van der Waals surface area contributed by atoms with Gasteiger partial charge in [-0.1, -0.05) is 71.9 Å². The Labute approximate surface area is 240 Å². The number of carbonyl (C=O) groups excluding carboxylic acids is 4. The summed E-state index contributed by atoms with van der Waals surface area (Å²) in [6.45, 7) is 6.50. The third-order valence-corrected chi connectivity index (χ3v) is 7.03. The molecule has 0 aliphatic heterocycles. The SMILES string of the molecule is COC(=O)C(C)(COC(C)=O)COC(=O)OCCCCCCCCOC(=O)C(C)(C)CC(Br)c1ccccc1. The molecule has 220 valence electrons. The quantitative estimate of drug-likeness (QED) is 0.0810. The first-order chi connectivity index (χ1) is 18.4. The highest BCUT2D eigenvalue weighted by atomic mass is 79.9. The molecule has 10 heteroatoms. The molecule has 0 saturated heterocycles. The second kappa shape index (κ2) is 17.9. The van der Waals surface area contributed by atoms with Gasteiger partial charge in [0.1, 0.15) is 18.6 Å².